The molecule has 37 heavy (non-hydrogen) atoms. The van der Waals surface area contributed by atoms with Gasteiger partial charge in [-0.25, -0.2) is 14.4 Å². The molecule has 3 aromatic rings. The molecule has 3 atom stereocenters. The highest BCUT2D eigenvalue weighted by Crippen LogP contribution is 2.39. The number of carbonyl (C=O) groups is 1. The molecular weight excluding hydrogens is 520 g/mol. The lowest BCUT2D eigenvalue weighted by molar-refractivity contribution is -0.122. The minimum atomic E-state index is -0.605. The number of carbonyl (C=O) groups excluding carboxylic acids is 1. The summed E-state index contributed by atoms with van der Waals surface area (Å²) in [7, 11) is 0. The largest absolute Gasteiger partial charge is 0.393 e. The van der Waals surface area contributed by atoms with E-state index in [0.717, 1.165) is 12.8 Å². The number of aliphatic hydroxyl groups is 1. The van der Waals surface area contributed by atoms with Crippen molar-refractivity contribution in [3.05, 3.63) is 34.2 Å². The van der Waals surface area contributed by atoms with Crippen molar-refractivity contribution in [1.29, 1.82) is 0 Å². The van der Waals surface area contributed by atoms with E-state index in [1.54, 1.807) is 6.20 Å². The molecule has 0 aliphatic heterocycles. The average Bonchev–Trinajstić information content (AvgIpc) is 3.21. The molecule has 2 heterocycles. The topological polar surface area (TPSA) is 131 Å². The van der Waals surface area contributed by atoms with Crippen LogP contribution in [0, 0.1) is 17.7 Å². The van der Waals surface area contributed by atoms with Gasteiger partial charge in [-0.05, 0) is 63.0 Å². The minimum Gasteiger partial charge on any atom is -0.393 e. The van der Waals surface area contributed by atoms with Crippen LogP contribution in [0.4, 0.5) is 22.0 Å². The molecule has 2 aliphatic rings. The second-order valence-corrected chi connectivity index (χ2v) is 11.0. The van der Waals surface area contributed by atoms with E-state index < -0.39 is 5.82 Å². The number of benzene rings is 1. The maximum absolute atomic E-state index is 14.8. The number of aliphatic hydroxyl groups excluding tert-OH is 1. The Morgan fingerprint density at radius 2 is 1.92 bits per heavy atom. The number of primary amides is 1. The lowest BCUT2D eigenvalue weighted by atomic mass is 9.85. The molecule has 0 spiro atoms. The molecule has 12 heteroatoms. The van der Waals surface area contributed by atoms with Gasteiger partial charge in [-0.15, -0.1) is 0 Å². The molecular formula is C25H30Cl2FN7O2. The number of amides is 1. The first-order valence-electron chi connectivity index (χ1n) is 12.6. The first-order chi connectivity index (χ1) is 17.7. The number of fused-ring (bicyclic) bond motifs is 1. The summed E-state index contributed by atoms with van der Waals surface area (Å²) in [5, 5.41) is 17.0. The molecule has 2 fully saturated rings. The molecule has 0 bridgehead atoms. The number of aromatic nitrogens is 4. The molecule has 0 saturated heterocycles. The summed E-state index contributed by atoms with van der Waals surface area (Å²) in [6.07, 6.45) is 6.38. The summed E-state index contributed by atoms with van der Waals surface area (Å²) >= 11 is 12.2. The highest BCUT2D eigenvalue weighted by Gasteiger charge is 2.30. The number of nitrogens with one attached hydrogen (secondary N) is 2. The minimum absolute atomic E-state index is 0.0441. The molecule has 0 radical (unpaired) electrons. The van der Waals surface area contributed by atoms with E-state index in [1.807, 2.05) is 4.57 Å². The fourth-order valence-electron chi connectivity index (χ4n) is 5.40. The van der Waals surface area contributed by atoms with Gasteiger partial charge >= 0.3 is 0 Å². The number of anilines is 3. The zero-order chi connectivity index (χ0) is 26.3. The molecule has 1 amide bonds. The fraction of sp³-hybridized carbons (Fsp3) is 0.520. The van der Waals surface area contributed by atoms with E-state index in [1.165, 1.54) is 12.1 Å². The Balaban J connectivity index is 1.50. The van der Waals surface area contributed by atoms with E-state index >= 15 is 0 Å². The zero-order valence-corrected chi connectivity index (χ0v) is 21.9. The Morgan fingerprint density at radius 3 is 2.59 bits per heavy atom. The predicted molar refractivity (Wildman–Crippen MR) is 142 cm³/mol. The van der Waals surface area contributed by atoms with Gasteiger partial charge in [0.1, 0.15) is 11.3 Å². The summed E-state index contributed by atoms with van der Waals surface area (Å²) in [5.74, 6) is 0.0133. The Morgan fingerprint density at radius 1 is 1.16 bits per heavy atom. The van der Waals surface area contributed by atoms with Crippen molar-refractivity contribution >= 4 is 57.9 Å². The summed E-state index contributed by atoms with van der Waals surface area (Å²) in [6.45, 7) is 2.05. The number of nitrogens with two attached hydrogens (primary N) is 1. The van der Waals surface area contributed by atoms with Crippen molar-refractivity contribution in [1.82, 2.24) is 19.5 Å². The molecule has 1 aromatic carbocycles. The Kier molecular flexibility index (Phi) is 7.42. The highest BCUT2D eigenvalue weighted by atomic mass is 35.5. The van der Waals surface area contributed by atoms with Gasteiger partial charge < -0.3 is 21.5 Å². The van der Waals surface area contributed by atoms with Crippen LogP contribution in [0.2, 0.25) is 10.0 Å². The normalized spacial score (nSPS) is 26.2. The SMILES string of the molecule is C[C@@H]1CCC(Nc2ncc3nc(Nc4c(F)cc(Cl)cc4Cl)n(C4CCC(C(N)=O)CC4)c3n2)C[C@H]1O. The maximum Gasteiger partial charge on any atom is 0.224 e. The highest BCUT2D eigenvalue weighted by molar-refractivity contribution is 6.36. The van der Waals surface area contributed by atoms with Crippen molar-refractivity contribution in [3.8, 4) is 0 Å². The van der Waals surface area contributed by atoms with Crippen LogP contribution in [0.25, 0.3) is 11.2 Å². The van der Waals surface area contributed by atoms with Crippen LogP contribution in [0.3, 0.4) is 0 Å². The predicted octanol–water partition coefficient (Wildman–Crippen LogP) is 5.19. The molecule has 5 N–H and O–H groups in total. The van der Waals surface area contributed by atoms with E-state index in [2.05, 4.69) is 27.5 Å². The van der Waals surface area contributed by atoms with Gasteiger partial charge in [-0.2, -0.15) is 4.98 Å². The van der Waals surface area contributed by atoms with Crippen LogP contribution in [-0.4, -0.2) is 42.7 Å². The van der Waals surface area contributed by atoms with Gasteiger partial charge in [-0.3, -0.25) is 9.36 Å². The lowest BCUT2D eigenvalue weighted by Crippen LogP contribution is -2.35. The summed E-state index contributed by atoms with van der Waals surface area (Å²) < 4.78 is 16.7. The summed E-state index contributed by atoms with van der Waals surface area (Å²) in [4.78, 5) is 25.6. The van der Waals surface area contributed by atoms with E-state index in [9.17, 15) is 14.3 Å². The van der Waals surface area contributed by atoms with Crippen LogP contribution in [-0.2, 0) is 4.79 Å². The van der Waals surface area contributed by atoms with Crippen LogP contribution >= 0.6 is 23.2 Å². The molecule has 9 nitrogen and oxygen atoms in total. The van der Waals surface area contributed by atoms with Crippen molar-refractivity contribution in [2.75, 3.05) is 10.6 Å². The van der Waals surface area contributed by atoms with Gasteiger partial charge in [0.25, 0.3) is 0 Å². The summed E-state index contributed by atoms with van der Waals surface area (Å²) in [5.41, 5.74) is 6.72. The van der Waals surface area contributed by atoms with E-state index in [0.29, 0.717) is 55.2 Å². The molecule has 2 aromatic heterocycles. The van der Waals surface area contributed by atoms with Crippen LogP contribution < -0.4 is 16.4 Å². The first-order valence-corrected chi connectivity index (χ1v) is 13.4. The van der Waals surface area contributed by atoms with Crippen molar-refractivity contribution < 1.29 is 14.3 Å². The standard InChI is InChI=1S/C25H30Cl2FN7O2/c1-12-2-5-15(10-20(12)36)31-24-30-11-19-23(34-24)35(16-6-3-13(4-7-16)22(29)37)25(32-19)33-21-17(27)8-14(26)9-18(21)28/h8-9,11-13,15-16,20,36H,2-7,10H2,1H3,(H2,29,37)(H,32,33)(H,30,31,34)/t12-,13?,15?,16?,20-/m1/s1. The molecule has 1 unspecified atom stereocenters. The quantitative estimate of drug-likeness (QED) is 0.332. The smallest absolute Gasteiger partial charge is 0.224 e. The maximum atomic E-state index is 14.8. The van der Waals surface area contributed by atoms with Gasteiger partial charge in [-0.1, -0.05) is 30.1 Å². The van der Waals surface area contributed by atoms with Gasteiger partial charge in [0, 0.05) is 23.0 Å². The summed E-state index contributed by atoms with van der Waals surface area (Å²) in [6, 6.07) is 2.66. The third-order valence-corrected chi connectivity index (χ3v) is 8.14. The number of rotatable bonds is 6. The Hall–Kier alpha value is -2.69. The van der Waals surface area contributed by atoms with Gasteiger partial charge in [0.05, 0.1) is 23.0 Å². The molecule has 2 aliphatic carbocycles. The monoisotopic (exact) mass is 549 g/mol. The van der Waals surface area contributed by atoms with E-state index in [-0.39, 0.29) is 51.7 Å². The number of halogens is 3. The van der Waals surface area contributed by atoms with Gasteiger partial charge in [0.15, 0.2) is 5.65 Å². The van der Waals surface area contributed by atoms with Gasteiger partial charge in [0.2, 0.25) is 17.8 Å². The van der Waals surface area contributed by atoms with Crippen molar-refractivity contribution in [2.24, 2.45) is 17.6 Å². The van der Waals surface area contributed by atoms with E-state index in [4.69, 9.17) is 33.9 Å². The zero-order valence-electron chi connectivity index (χ0n) is 20.4. The van der Waals surface area contributed by atoms with Crippen molar-refractivity contribution in [3.63, 3.8) is 0 Å². The van der Waals surface area contributed by atoms with Crippen LogP contribution in [0.1, 0.15) is 57.9 Å². The third-order valence-electron chi connectivity index (χ3n) is 7.63. The average molecular weight is 550 g/mol. The fourth-order valence-corrected chi connectivity index (χ4v) is 5.91. The van der Waals surface area contributed by atoms with Crippen LogP contribution in [0.15, 0.2) is 18.3 Å². The number of nitrogens with zero attached hydrogens (tertiary/aromatic N) is 4. The number of imidazole rings is 1. The van der Waals surface area contributed by atoms with Crippen LogP contribution in [0.5, 0.6) is 0 Å². The van der Waals surface area contributed by atoms with Crippen molar-refractivity contribution in [2.45, 2.75) is 70.1 Å². The second-order valence-electron chi connectivity index (χ2n) is 10.2. The molecule has 198 valence electrons. The second kappa shape index (κ2) is 10.6. The lowest BCUT2D eigenvalue weighted by Gasteiger charge is -2.31. The molecule has 5 rings (SSSR count). The molecule has 2 saturated carbocycles. The number of hydrogen-bond donors (Lipinski definition) is 4. The third kappa shape index (κ3) is 5.46. The number of hydrogen-bond acceptors (Lipinski definition) is 7. The Bertz CT molecular complexity index is 1290. The Labute approximate surface area is 224 Å². The first kappa shape index (κ1) is 25.9.